The highest BCUT2D eigenvalue weighted by Gasteiger charge is 2.24. The summed E-state index contributed by atoms with van der Waals surface area (Å²) in [6, 6.07) is 26.6. The van der Waals surface area contributed by atoms with Crippen molar-refractivity contribution in [3.8, 4) is 0 Å². The third kappa shape index (κ3) is 5.13. The van der Waals surface area contributed by atoms with Crippen LogP contribution in [0.5, 0.6) is 0 Å². The van der Waals surface area contributed by atoms with Gasteiger partial charge in [-0.15, -0.1) is 0 Å². The predicted molar refractivity (Wildman–Crippen MR) is 118 cm³/mol. The largest absolute Gasteiger partial charge is 0.348 e. The lowest BCUT2D eigenvalue weighted by Crippen LogP contribution is -2.36. The van der Waals surface area contributed by atoms with Crippen LogP contribution < -0.4 is 10.6 Å². The fraction of sp³-hybridized carbons (Fsp3) is 0.200. The fourth-order valence-electron chi connectivity index (χ4n) is 3.70. The SMILES string of the molecule is O=C(Nc1ccc(C(=O)NC2CCN(Cc3ccccc3)C2)cc1)c1ccccc1. The molecule has 1 unspecified atom stereocenters. The molecule has 1 heterocycles. The summed E-state index contributed by atoms with van der Waals surface area (Å²) < 4.78 is 0. The van der Waals surface area contributed by atoms with Crippen LogP contribution in [0.15, 0.2) is 84.9 Å². The second kappa shape index (κ2) is 9.37. The van der Waals surface area contributed by atoms with Gasteiger partial charge in [-0.1, -0.05) is 48.5 Å². The van der Waals surface area contributed by atoms with E-state index >= 15 is 0 Å². The van der Waals surface area contributed by atoms with E-state index < -0.39 is 0 Å². The number of benzene rings is 3. The first kappa shape index (κ1) is 19.9. The van der Waals surface area contributed by atoms with E-state index in [1.807, 2.05) is 24.3 Å². The minimum Gasteiger partial charge on any atom is -0.348 e. The molecule has 5 nitrogen and oxygen atoms in total. The van der Waals surface area contributed by atoms with Gasteiger partial charge in [-0.25, -0.2) is 0 Å². The third-order valence-electron chi connectivity index (χ3n) is 5.30. The molecule has 1 fully saturated rings. The Balaban J connectivity index is 1.28. The molecule has 30 heavy (non-hydrogen) atoms. The maximum absolute atomic E-state index is 12.6. The number of nitrogens with one attached hydrogen (secondary N) is 2. The quantitative estimate of drug-likeness (QED) is 0.660. The molecule has 2 amide bonds. The van der Waals surface area contributed by atoms with Crippen LogP contribution in [0, 0.1) is 0 Å². The standard InChI is InChI=1S/C25H25N3O2/c29-24(20-9-5-2-6-10-20)26-22-13-11-21(12-14-22)25(30)27-23-15-16-28(18-23)17-19-7-3-1-4-8-19/h1-14,23H,15-18H2,(H,26,29)(H,27,30). The Morgan fingerprint density at radius 3 is 2.13 bits per heavy atom. The number of amides is 2. The lowest BCUT2D eigenvalue weighted by molar-refractivity contribution is 0.0937. The maximum atomic E-state index is 12.6. The van der Waals surface area contributed by atoms with Crippen molar-refractivity contribution in [2.45, 2.75) is 19.0 Å². The molecule has 2 N–H and O–H groups in total. The molecule has 1 atom stereocenters. The molecular weight excluding hydrogens is 374 g/mol. The third-order valence-corrected chi connectivity index (χ3v) is 5.30. The lowest BCUT2D eigenvalue weighted by atomic mass is 10.1. The van der Waals surface area contributed by atoms with Crippen molar-refractivity contribution < 1.29 is 9.59 Å². The summed E-state index contributed by atoms with van der Waals surface area (Å²) in [7, 11) is 0. The fourth-order valence-corrected chi connectivity index (χ4v) is 3.70. The van der Waals surface area contributed by atoms with E-state index in [2.05, 4.69) is 39.8 Å². The smallest absolute Gasteiger partial charge is 0.255 e. The summed E-state index contributed by atoms with van der Waals surface area (Å²) in [5, 5.41) is 5.98. The minimum atomic E-state index is -0.169. The van der Waals surface area contributed by atoms with Crippen LogP contribution in [0.3, 0.4) is 0 Å². The summed E-state index contributed by atoms with van der Waals surface area (Å²) >= 11 is 0. The molecule has 152 valence electrons. The van der Waals surface area contributed by atoms with Crippen LogP contribution >= 0.6 is 0 Å². The number of likely N-dealkylation sites (tertiary alicyclic amines) is 1. The number of carbonyl (C=O) groups excluding carboxylic acids is 2. The summed E-state index contributed by atoms with van der Waals surface area (Å²) in [4.78, 5) is 27.2. The Hall–Kier alpha value is -3.44. The molecule has 0 spiro atoms. The Labute approximate surface area is 176 Å². The monoisotopic (exact) mass is 399 g/mol. The lowest BCUT2D eigenvalue weighted by Gasteiger charge is -2.17. The van der Waals surface area contributed by atoms with Crippen LogP contribution in [0.4, 0.5) is 5.69 Å². The van der Waals surface area contributed by atoms with Crippen molar-refractivity contribution in [2.75, 3.05) is 18.4 Å². The van der Waals surface area contributed by atoms with Gasteiger partial charge in [0.05, 0.1) is 0 Å². The molecule has 5 heteroatoms. The highest BCUT2D eigenvalue weighted by atomic mass is 16.2. The van der Waals surface area contributed by atoms with Crippen molar-refractivity contribution in [1.29, 1.82) is 0 Å². The number of anilines is 1. The molecule has 0 saturated carbocycles. The van der Waals surface area contributed by atoms with Crippen molar-refractivity contribution in [1.82, 2.24) is 10.2 Å². The topological polar surface area (TPSA) is 61.4 Å². The average Bonchev–Trinajstić information content (AvgIpc) is 3.22. The second-order valence-electron chi connectivity index (χ2n) is 7.58. The van der Waals surface area contributed by atoms with E-state index in [1.165, 1.54) is 5.56 Å². The Morgan fingerprint density at radius 2 is 1.43 bits per heavy atom. The van der Waals surface area contributed by atoms with Crippen molar-refractivity contribution >= 4 is 17.5 Å². The molecule has 3 aromatic rings. The second-order valence-corrected chi connectivity index (χ2v) is 7.58. The van der Waals surface area contributed by atoms with Gasteiger partial charge in [-0.05, 0) is 48.4 Å². The first-order valence-corrected chi connectivity index (χ1v) is 10.2. The van der Waals surface area contributed by atoms with Gasteiger partial charge in [0.15, 0.2) is 0 Å². The summed E-state index contributed by atoms with van der Waals surface area (Å²) in [6.45, 7) is 2.74. The van der Waals surface area contributed by atoms with Gasteiger partial charge in [-0.2, -0.15) is 0 Å². The van der Waals surface area contributed by atoms with E-state index in [9.17, 15) is 9.59 Å². The zero-order valence-electron chi connectivity index (χ0n) is 16.8. The molecular formula is C25H25N3O2. The van der Waals surface area contributed by atoms with Crippen LogP contribution in [-0.2, 0) is 6.54 Å². The molecule has 0 aromatic heterocycles. The Kier molecular flexibility index (Phi) is 6.20. The van der Waals surface area contributed by atoms with Gasteiger partial charge >= 0.3 is 0 Å². The molecule has 0 radical (unpaired) electrons. The first-order valence-electron chi connectivity index (χ1n) is 10.2. The van der Waals surface area contributed by atoms with Crippen molar-refractivity contribution in [2.24, 2.45) is 0 Å². The molecule has 1 aliphatic rings. The summed E-state index contributed by atoms with van der Waals surface area (Å²) in [6.07, 6.45) is 0.948. The molecule has 0 bridgehead atoms. The first-order chi connectivity index (χ1) is 14.7. The van der Waals surface area contributed by atoms with Gasteiger partial charge in [0, 0.05) is 42.5 Å². The summed E-state index contributed by atoms with van der Waals surface area (Å²) in [5.74, 6) is -0.250. The highest BCUT2D eigenvalue weighted by Crippen LogP contribution is 2.15. The summed E-state index contributed by atoms with van der Waals surface area (Å²) in [5.41, 5.74) is 3.14. The van der Waals surface area contributed by atoms with E-state index in [0.29, 0.717) is 16.8 Å². The number of rotatable bonds is 6. The normalized spacial score (nSPS) is 16.2. The van der Waals surface area contributed by atoms with E-state index in [-0.39, 0.29) is 17.9 Å². The minimum absolute atomic E-state index is 0.0810. The van der Waals surface area contributed by atoms with Gasteiger partial charge in [0.1, 0.15) is 0 Å². The van der Waals surface area contributed by atoms with Crippen molar-refractivity contribution in [3.05, 3.63) is 102 Å². The zero-order chi connectivity index (χ0) is 20.8. The van der Waals surface area contributed by atoms with Crippen LogP contribution in [-0.4, -0.2) is 35.8 Å². The van der Waals surface area contributed by atoms with Gasteiger partial charge in [0.25, 0.3) is 11.8 Å². The maximum Gasteiger partial charge on any atom is 0.255 e. The van der Waals surface area contributed by atoms with E-state index in [0.717, 1.165) is 26.1 Å². The molecule has 3 aromatic carbocycles. The highest BCUT2D eigenvalue weighted by molar-refractivity contribution is 6.04. The molecule has 1 saturated heterocycles. The van der Waals surface area contributed by atoms with Crippen molar-refractivity contribution in [3.63, 3.8) is 0 Å². The number of carbonyl (C=O) groups is 2. The van der Waals surface area contributed by atoms with Crippen LogP contribution in [0.25, 0.3) is 0 Å². The van der Waals surface area contributed by atoms with Crippen LogP contribution in [0.1, 0.15) is 32.7 Å². The number of hydrogen-bond acceptors (Lipinski definition) is 3. The van der Waals surface area contributed by atoms with E-state index in [1.54, 1.807) is 36.4 Å². The van der Waals surface area contributed by atoms with E-state index in [4.69, 9.17) is 0 Å². The molecule has 1 aliphatic heterocycles. The van der Waals surface area contributed by atoms with Gasteiger partial charge in [0.2, 0.25) is 0 Å². The van der Waals surface area contributed by atoms with Crippen LogP contribution in [0.2, 0.25) is 0 Å². The van der Waals surface area contributed by atoms with Gasteiger partial charge < -0.3 is 10.6 Å². The van der Waals surface area contributed by atoms with Gasteiger partial charge in [-0.3, -0.25) is 14.5 Å². The Morgan fingerprint density at radius 1 is 0.800 bits per heavy atom. The predicted octanol–water partition coefficient (Wildman–Crippen LogP) is 3.94. The number of nitrogens with zero attached hydrogens (tertiary/aromatic N) is 1. The average molecular weight is 399 g/mol. The Bertz CT molecular complexity index is 988. The zero-order valence-corrected chi connectivity index (χ0v) is 16.8. The number of hydrogen-bond donors (Lipinski definition) is 2. The molecule has 0 aliphatic carbocycles. The molecule has 4 rings (SSSR count).